The number of nitrogens with one attached hydrogen (secondary N) is 2. The van der Waals surface area contributed by atoms with Crippen LogP contribution in [-0.2, 0) is 0 Å². The first-order chi connectivity index (χ1) is 12.2. The Morgan fingerprint density at radius 1 is 1.04 bits per heavy atom. The Bertz CT molecular complexity index is 746. The smallest absolute Gasteiger partial charge is 0.291 e. The van der Waals surface area contributed by atoms with Gasteiger partial charge in [-0.1, -0.05) is 11.6 Å². The summed E-state index contributed by atoms with van der Waals surface area (Å²) in [4.78, 5) is 24.1. The number of benzene rings is 1. The van der Waals surface area contributed by atoms with Gasteiger partial charge in [0.1, 0.15) is 0 Å². The van der Waals surface area contributed by atoms with E-state index in [-0.39, 0.29) is 17.6 Å². The molecule has 5 heteroatoms. The maximum atomic E-state index is 12.2. The molecule has 2 aromatic rings. The van der Waals surface area contributed by atoms with E-state index in [4.69, 9.17) is 4.42 Å². The Balaban J connectivity index is 1.48. The van der Waals surface area contributed by atoms with Crippen LogP contribution < -0.4 is 10.6 Å². The molecule has 0 radical (unpaired) electrons. The maximum absolute atomic E-state index is 12.2. The van der Waals surface area contributed by atoms with E-state index in [1.807, 2.05) is 0 Å². The van der Waals surface area contributed by atoms with Gasteiger partial charge >= 0.3 is 0 Å². The lowest BCUT2D eigenvalue weighted by Crippen LogP contribution is -2.24. The van der Waals surface area contributed by atoms with Crippen molar-refractivity contribution in [1.82, 2.24) is 5.32 Å². The highest BCUT2D eigenvalue weighted by Crippen LogP contribution is 2.19. The van der Waals surface area contributed by atoms with Gasteiger partial charge in [0.25, 0.3) is 11.8 Å². The number of hydrogen-bond acceptors (Lipinski definition) is 3. The summed E-state index contributed by atoms with van der Waals surface area (Å²) >= 11 is 0. The first-order valence-corrected chi connectivity index (χ1v) is 8.63. The number of carbonyl (C=O) groups is 2. The molecule has 0 saturated carbocycles. The second kappa shape index (κ2) is 8.33. The van der Waals surface area contributed by atoms with Crippen molar-refractivity contribution in [2.24, 2.45) is 0 Å². The van der Waals surface area contributed by atoms with E-state index in [1.54, 1.807) is 36.4 Å². The summed E-state index contributed by atoms with van der Waals surface area (Å²) in [5.74, 6) is -0.165. The Hall–Kier alpha value is -2.82. The van der Waals surface area contributed by atoms with Crippen molar-refractivity contribution in [2.45, 2.75) is 32.1 Å². The van der Waals surface area contributed by atoms with Crippen molar-refractivity contribution in [3.63, 3.8) is 0 Å². The van der Waals surface area contributed by atoms with E-state index in [1.165, 1.54) is 24.7 Å². The van der Waals surface area contributed by atoms with Crippen molar-refractivity contribution < 1.29 is 14.0 Å². The molecule has 3 rings (SSSR count). The summed E-state index contributed by atoms with van der Waals surface area (Å²) in [5.41, 5.74) is 2.64. The zero-order valence-electron chi connectivity index (χ0n) is 14.1. The van der Waals surface area contributed by atoms with Crippen molar-refractivity contribution in [3.05, 3.63) is 65.6 Å². The summed E-state index contributed by atoms with van der Waals surface area (Å²) in [6.45, 7) is 0.654. The van der Waals surface area contributed by atoms with E-state index in [9.17, 15) is 9.59 Å². The standard InChI is InChI=1S/C20H22N2O3/c23-19(21-13-12-15-5-2-1-3-6-15)16-8-10-17(11-9-16)22-20(24)18-7-4-14-25-18/h4-5,7-11,14H,1-3,6,12-13H2,(H,21,23)(H,22,24). The number of carbonyl (C=O) groups excluding carboxylic acids is 2. The van der Waals surface area contributed by atoms with Crippen molar-refractivity contribution in [3.8, 4) is 0 Å². The second-order valence-electron chi connectivity index (χ2n) is 6.12. The average Bonchev–Trinajstić information content (AvgIpc) is 3.18. The van der Waals surface area contributed by atoms with Crippen LogP contribution in [0.15, 0.2) is 58.7 Å². The van der Waals surface area contributed by atoms with Crippen LogP contribution >= 0.6 is 0 Å². The largest absolute Gasteiger partial charge is 0.459 e. The molecule has 2 N–H and O–H groups in total. The molecule has 0 fully saturated rings. The van der Waals surface area contributed by atoms with Crippen LogP contribution in [0.5, 0.6) is 0 Å². The molecule has 0 aliphatic heterocycles. The second-order valence-corrected chi connectivity index (χ2v) is 6.12. The minimum absolute atomic E-state index is 0.0969. The summed E-state index contributed by atoms with van der Waals surface area (Å²) in [5, 5.41) is 5.67. The molecule has 25 heavy (non-hydrogen) atoms. The fourth-order valence-corrected chi connectivity index (χ4v) is 2.88. The molecule has 1 aromatic carbocycles. The highest BCUT2D eigenvalue weighted by molar-refractivity contribution is 6.02. The monoisotopic (exact) mass is 338 g/mol. The van der Waals surface area contributed by atoms with Gasteiger partial charge in [-0.05, 0) is 68.5 Å². The Kier molecular flexibility index (Phi) is 5.67. The van der Waals surface area contributed by atoms with E-state index in [2.05, 4.69) is 16.7 Å². The lowest BCUT2D eigenvalue weighted by Gasteiger charge is -2.13. The molecule has 130 valence electrons. The Morgan fingerprint density at radius 3 is 2.56 bits per heavy atom. The van der Waals surface area contributed by atoms with Gasteiger partial charge in [-0.2, -0.15) is 0 Å². The molecule has 0 bridgehead atoms. The Morgan fingerprint density at radius 2 is 1.88 bits per heavy atom. The maximum Gasteiger partial charge on any atom is 0.291 e. The van der Waals surface area contributed by atoms with Gasteiger partial charge in [-0.25, -0.2) is 0 Å². The third-order valence-corrected chi connectivity index (χ3v) is 4.27. The molecule has 2 amide bonds. The summed E-state index contributed by atoms with van der Waals surface area (Å²) < 4.78 is 5.04. The zero-order valence-corrected chi connectivity index (χ0v) is 14.1. The lowest BCUT2D eigenvalue weighted by molar-refractivity contribution is 0.0953. The summed E-state index contributed by atoms with van der Waals surface area (Å²) in [7, 11) is 0. The fourth-order valence-electron chi connectivity index (χ4n) is 2.88. The SMILES string of the molecule is O=C(NCCC1=CCCCC1)c1ccc(NC(=O)c2ccco2)cc1. The first-order valence-electron chi connectivity index (χ1n) is 8.63. The van der Waals surface area contributed by atoms with Gasteiger partial charge in [0.05, 0.1) is 6.26 Å². The number of amides is 2. The van der Waals surface area contributed by atoms with E-state index >= 15 is 0 Å². The topological polar surface area (TPSA) is 71.3 Å². The highest BCUT2D eigenvalue weighted by Gasteiger charge is 2.10. The third kappa shape index (κ3) is 4.83. The number of allylic oxidation sites excluding steroid dienone is 1. The van der Waals surface area contributed by atoms with Gasteiger partial charge in [0.2, 0.25) is 0 Å². The van der Waals surface area contributed by atoms with E-state index < -0.39 is 0 Å². The van der Waals surface area contributed by atoms with Crippen molar-refractivity contribution >= 4 is 17.5 Å². The van der Waals surface area contributed by atoms with Crippen LogP contribution in [0.3, 0.4) is 0 Å². The molecular weight excluding hydrogens is 316 g/mol. The zero-order chi connectivity index (χ0) is 17.5. The third-order valence-electron chi connectivity index (χ3n) is 4.27. The molecule has 0 saturated heterocycles. The average molecular weight is 338 g/mol. The minimum Gasteiger partial charge on any atom is -0.459 e. The van der Waals surface area contributed by atoms with Crippen LogP contribution in [0.4, 0.5) is 5.69 Å². The summed E-state index contributed by atoms with van der Waals surface area (Å²) in [6.07, 6.45) is 9.51. The molecule has 0 atom stereocenters. The van der Waals surface area contributed by atoms with Crippen LogP contribution in [0.25, 0.3) is 0 Å². The molecule has 1 aromatic heterocycles. The van der Waals surface area contributed by atoms with Gasteiger partial charge in [0, 0.05) is 17.8 Å². The molecule has 1 heterocycles. The van der Waals surface area contributed by atoms with Gasteiger partial charge in [0.15, 0.2) is 5.76 Å². The number of rotatable bonds is 6. The first kappa shape index (κ1) is 17.0. The Labute approximate surface area is 147 Å². The number of anilines is 1. The molecule has 5 nitrogen and oxygen atoms in total. The van der Waals surface area contributed by atoms with Crippen LogP contribution in [0.1, 0.15) is 53.0 Å². The fraction of sp³-hybridized carbons (Fsp3) is 0.300. The van der Waals surface area contributed by atoms with Crippen LogP contribution in [-0.4, -0.2) is 18.4 Å². The molecule has 0 unspecified atom stereocenters. The van der Waals surface area contributed by atoms with Gasteiger partial charge < -0.3 is 15.1 Å². The molecule has 1 aliphatic rings. The highest BCUT2D eigenvalue weighted by atomic mass is 16.3. The van der Waals surface area contributed by atoms with E-state index in [0.29, 0.717) is 17.8 Å². The normalized spacial score (nSPS) is 13.8. The minimum atomic E-state index is -0.317. The number of hydrogen-bond donors (Lipinski definition) is 2. The quantitative estimate of drug-likeness (QED) is 0.777. The molecule has 1 aliphatic carbocycles. The van der Waals surface area contributed by atoms with Gasteiger partial charge in [-0.3, -0.25) is 9.59 Å². The summed E-state index contributed by atoms with van der Waals surface area (Å²) in [6, 6.07) is 10.1. The predicted molar refractivity (Wildman–Crippen MR) is 96.6 cm³/mol. The predicted octanol–water partition coefficient (Wildman–Crippen LogP) is 4.15. The van der Waals surface area contributed by atoms with Crippen LogP contribution in [0.2, 0.25) is 0 Å². The molecular formula is C20H22N2O3. The van der Waals surface area contributed by atoms with Crippen LogP contribution in [0, 0.1) is 0 Å². The van der Waals surface area contributed by atoms with Crippen molar-refractivity contribution in [2.75, 3.05) is 11.9 Å². The van der Waals surface area contributed by atoms with Gasteiger partial charge in [-0.15, -0.1) is 0 Å². The lowest BCUT2D eigenvalue weighted by atomic mass is 9.97. The van der Waals surface area contributed by atoms with Crippen molar-refractivity contribution in [1.29, 1.82) is 0 Å². The molecule has 0 spiro atoms. The van der Waals surface area contributed by atoms with E-state index in [0.717, 1.165) is 19.3 Å². The number of furan rings is 1.